The van der Waals surface area contributed by atoms with Crippen molar-refractivity contribution in [3.63, 3.8) is 0 Å². The SMILES string of the molecule is CC(=O)N[C@@H]1[C@@H](O)[C@H](O[C@@H]2O[C@H](CO)[C@@H](O[C@@H]3O[C@H](CO[C@H]4O[C@H](CO[C@H]5O[C@H](CO)[C@@H](O)[C@H](O)[C@@H]5O[C@H]5O[C@H](CO)[C@@H](O)[C@H](O)[C@@H]5O)[C@@H](O)[C@H](O[C@H]5O[C@H](CO)[C@@H](O)[C@H](O)[C@@H]5O)[C@@H]4O)[C@@H](O[C@@H]4O[C@H](CO)[C@@H](O)[C@H](O)[C@H]4NC(C)=O)[C@H](O[C@H]4O[C@H](CO)[C@@H](O)[C@H](O)[C@@H]4O[C@@H]4O[C@H](CO)[C@@H](O)[C@H](O)[C@H]4NC(C)=O)[C@@H]3O)[C@H](O)[C@H]2NC(C)=O)[C@@H](CO)O[C@H]1O. The van der Waals surface area contributed by atoms with Gasteiger partial charge >= 0.3 is 0 Å². The number of nitrogens with one attached hydrogen (secondary N) is 4. The number of aliphatic hydroxyl groups excluding tert-OH is 28. The highest BCUT2D eigenvalue weighted by atomic mass is 16.8. The van der Waals surface area contributed by atoms with E-state index in [4.69, 9.17) is 90.0 Å². The largest absolute Gasteiger partial charge is 0.394 e. The number of amides is 4. The van der Waals surface area contributed by atoms with E-state index in [0.717, 1.165) is 27.7 Å². The summed E-state index contributed by atoms with van der Waals surface area (Å²) in [7, 11) is 0. The number of aliphatic hydroxyl groups is 28. The van der Waals surface area contributed by atoms with Crippen molar-refractivity contribution in [1.29, 1.82) is 0 Å². The zero-order chi connectivity index (χ0) is 90.5. The van der Waals surface area contributed by atoms with Crippen molar-refractivity contribution < 1.29 is 252 Å². The maximum Gasteiger partial charge on any atom is 0.217 e. The number of hydrogen-bond donors (Lipinski definition) is 32. The van der Waals surface area contributed by atoms with E-state index < -0.39 is 397 Å². The molecule has 0 aromatic carbocycles. The molecule has 0 saturated carbocycles. The number of rotatable bonds is 32. The summed E-state index contributed by atoms with van der Waals surface area (Å²) >= 11 is 0. The summed E-state index contributed by atoms with van der Waals surface area (Å²) < 4.78 is 115. The molecule has 0 unspecified atom stereocenters. The van der Waals surface area contributed by atoms with E-state index in [0.29, 0.717) is 0 Å². The minimum Gasteiger partial charge on any atom is -0.394 e. The molecule has 32 N–H and O–H groups in total. The van der Waals surface area contributed by atoms with Gasteiger partial charge in [0.1, 0.15) is 244 Å². The van der Waals surface area contributed by atoms with E-state index in [-0.39, 0.29) is 0 Å². The second-order valence-corrected chi connectivity index (χ2v) is 31.0. The van der Waals surface area contributed by atoms with Crippen LogP contribution >= 0.6 is 0 Å². The zero-order valence-corrected chi connectivity index (χ0v) is 65.9. The summed E-state index contributed by atoms with van der Waals surface area (Å²) in [5, 5.41) is 323. The van der Waals surface area contributed by atoms with E-state index in [1.807, 2.05) is 0 Å². The van der Waals surface area contributed by atoms with Gasteiger partial charge in [-0.1, -0.05) is 0 Å². The highest BCUT2D eigenvalue weighted by Crippen LogP contribution is 2.41. The highest BCUT2D eigenvalue weighted by molar-refractivity contribution is 5.74. The second kappa shape index (κ2) is 44.3. The van der Waals surface area contributed by atoms with Gasteiger partial charge in [0, 0.05) is 27.7 Å². The Morgan fingerprint density at radius 1 is 0.211 bits per heavy atom. The van der Waals surface area contributed by atoms with E-state index in [9.17, 15) is 162 Å². The molecule has 10 saturated heterocycles. The van der Waals surface area contributed by atoms with Crippen LogP contribution in [0.15, 0.2) is 0 Å². The fourth-order valence-corrected chi connectivity index (χ4v) is 15.8. The Kier molecular flexibility index (Phi) is 36.4. The van der Waals surface area contributed by atoms with E-state index in [1.54, 1.807) is 0 Å². The molecular formula is C68H114N4O51. The molecule has 4 amide bonds. The van der Waals surface area contributed by atoms with Crippen LogP contribution < -0.4 is 21.3 Å². The van der Waals surface area contributed by atoms with Gasteiger partial charge < -0.3 is 254 Å². The molecule has 50 atom stereocenters. The van der Waals surface area contributed by atoms with Crippen LogP contribution in [0.1, 0.15) is 27.7 Å². The molecule has 10 fully saturated rings. The van der Waals surface area contributed by atoms with Gasteiger partial charge in [0.2, 0.25) is 23.6 Å². The van der Waals surface area contributed by atoms with Crippen molar-refractivity contribution in [2.24, 2.45) is 0 Å². The van der Waals surface area contributed by atoms with Crippen LogP contribution in [0.4, 0.5) is 0 Å². The van der Waals surface area contributed by atoms with Crippen LogP contribution in [0.25, 0.3) is 0 Å². The topological polar surface area (TPSA) is 858 Å². The van der Waals surface area contributed by atoms with E-state index in [2.05, 4.69) is 21.3 Å². The second-order valence-electron chi connectivity index (χ2n) is 31.0. The fraction of sp³-hybridized carbons (Fsp3) is 0.941. The molecule has 0 spiro atoms. The Bertz CT molecular complexity index is 3310. The Morgan fingerprint density at radius 2 is 0.480 bits per heavy atom. The molecule has 10 heterocycles. The van der Waals surface area contributed by atoms with Gasteiger partial charge in [0.15, 0.2) is 62.9 Å². The molecule has 0 bridgehead atoms. The number of ether oxygens (including phenoxy) is 19. The maximum absolute atomic E-state index is 13.3. The first-order valence-electron chi connectivity index (χ1n) is 39.1. The minimum absolute atomic E-state index is 0.822. The standard InChI is InChI=1S/C68H114N4O51/c1-15(81)69-29-42(94)52(25(11-79)107-59(29)104)117-62-32(72-18(4)84)43(95)53(26(12-80)114-62)118-66-51(103)56(121-68-58(47(99)38(90)24(10-78)113-68)122-61-31(71-17(3)83)41(93)34(86)20(6-74)109-61)54(119-60-30(70-16(2)82)40(92)33(85)19(5-73)108-60)28(116-66)14-105-63-50(102)55(120-64-48(100)44(96)35(87)21(7-75)110-64)39(91)27(115-63)13-106-67-57(46(98)37(89)23(9-77)112-67)123-65-49(101)45(97)36(88)22(8-76)111-65/h19-68,73-80,85-104H,5-14H2,1-4H3,(H,69,81)(H,70,82)(H,71,83)(H,72,84)/t19-,20-,21-,22-,23-,24-,25-,26-,27-,28-,29-,30-,31-,32-,33-,34-,35-,36-,37-,38-,39-,40-,41-,42-,43-,44+,45+,46+,47+,48+,49+,50+,51+,52-,53-,54-,55+,56-,57+,58+,59-,60+,61+,62+,63+,64-,65-,66+,67+,68-/m1/s1. The lowest BCUT2D eigenvalue weighted by molar-refractivity contribution is -0.407. The Morgan fingerprint density at radius 3 is 0.919 bits per heavy atom. The molecular weight excluding hydrogens is 1690 g/mol. The number of carbonyl (C=O) groups excluding carboxylic acids is 4. The molecule has 10 aliphatic rings. The average molecular weight is 1800 g/mol. The summed E-state index contributed by atoms with van der Waals surface area (Å²) in [5.74, 6) is -3.76. The van der Waals surface area contributed by atoms with Gasteiger partial charge in [-0.05, 0) is 0 Å². The monoisotopic (exact) mass is 1800 g/mol. The average Bonchev–Trinajstić information content (AvgIpc) is 0.754. The third kappa shape index (κ3) is 22.4. The smallest absolute Gasteiger partial charge is 0.217 e. The summed E-state index contributed by atoms with van der Waals surface area (Å²) in [6, 6.07) is -7.66. The Labute approximate surface area is 695 Å². The number of hydrogen-bond acceptors (Lipinski definition) is 51. The third-order valence-corrected chi connectivity index (χ3v) is 22.5. The normalized spacial score (nSPS) is 49.4. The number of carbonyl (C=O) groups is 4. The van der Waals surface area contributed by atoms with Crippen molar-refractivity contribution in [2.45, 2.75) is 335 Å². The zero-order valence-electron chi connectivity index (χ0n) is 65.9. The minimum atomic E-state index is -2.75. The van der Waals surface area contributed by atoms with Crippen LogP contribution in [0.2, 0.25) is 0 Å². The van der Waals surface area contributed by atoms with Crippen LogP contribution in [-0.4, -0.2) is 539 Å². The van der Waals surface area contributed by atoms with Crippen molar-refractivity contribution >= 4 is 23.6 Å². The molecule has 10 rings (SSSR count). The first kappa shape index (κ1) is 101. The van der Waals surface area contributed by atoms with Gasteiger partial charge in [-0.3, -0.25) is 19.2 Å². The molecule has 712 valence electrons. The first-order valence-corrected chi connectivity index (χ1v) is 39.1. The molecule has 0 aliphatic carbocycles. The molecule has 55 nitrogen and oxygen atoms in total. The van der Waals surface area contributed by atoms with Crippen molar-refractivity contribution in [2.75, 3.05) is 66.1 Å². The molecule has 0 radical (unpaired) electrons. The quantitative estimate of drug-likeness (QED) is 0.0297. The highest BCUT2D eigenvalue weighted by Gasteiger charge is 2.62. The molecule has 123 heavy (non-hydrogen) atoms. The van der Waals surface area contributed by atoms with Crippen molar-refractivity contribution in [3.05, 3.63) is 0 Å². The van der Waals surface area contributed by atoms with Gasteiger partial charge in [-0.15, -0.1) is 0 Å². The van der Waals surface area contributed by atoms with E-state index >= 15 is 0 Å². The van der Waals surface area contributed by atoms with Crippen LogP contribution in [0, 0.1) is 0 Å². The van der Waals surface area contributed by atoms with Gasteiger partial charge in [-0.2, -0.15) is 0 Å². The summed E-state index contributed by atoms with van der Waals surface area (Å²) in [6.07, 6.45) is -101. The lowest BCUT2D eigenvalue weighted by atomic mass is 9.93. The summed E-state index contributed by atoms with van der Waals surface area (Å²) in [5.41, 5.74) is 0. The fourth-order valence-electron chi connectivity index (χ4n) is 15.8. The van der Waals surface area contributed by atoms with Crippen molar-refractivity contribution in [1.82, 2.24) is 21.3 Å². The first-order chi connectivity index (χ1) is 58.2. The summed E-state index contributed by atoms with van der Waals surface area (Å²) in [4.78, 5) is 51.3. The van der Waals surface area contributed by atoms with Crippen LogP contribution in [0.5, 0.6) is 0 Å². The van der Waals surface area contributed by atoms with Crippen molar-refractivity contribution in [3.8, 4) is 0 Å². The maximum atomic E-state index is 13.3. The molecule has 10 aliphatic heterocycles. The lowest BCUT2D eigenvalue weighted by Crippen LogP contribution is -2.71. The van der Waals surface area contributed by atoms with Gasteiger partial charge in [-0.25, -0.2) is 0 Å². The predicted octanol–water partition coefficient (Wildman–Crippen LogP) is -22.2. The summed E-state index contributed by atoms with van der Waals surface area (Å²) in [6.45, 7) is -7.91. The third-order valence-electron chi connectivity index (χ3n) is 22.5. The molecule has 0 aromatic heterocycles. The van der Waals surface area contributed by atoms with Crippen LogP contribution in [0.3, 0.4) is 0 Å². The molecule has 0 aromatic rings. The lowest BCUT2D eigenvalue weighted by Gasteiger charge is -2.52. The van der Waals surface area contributed by atoms with E-state index in [1.165, 1.54) is 0 Å². The van der Waals surface area contributed by atoms with Crippen LogP contribution in [-0.2, 0) is 109 Å². The Hall–Kier alpha value is -4.00. The Balaban J connectivity index is 1.09. The van der Waals surface area contributed by atoms with Gasteiger partial charge in [0.25, 0.3) is 0 Å². The predicted molar refractivity (Wildman–Crippen MR) is 376 cm³/mol. The van der Waals surface area contributed by atoms with Gasteiger partial charge in [0.05, 0.1) is 66.1 Å². The molecule has 55 heteroatoms.